The van der Waals surface area contributed by atoms with Crippen molar-refractivity contribution in [3.8, 4) is 0 Å². The van der Waals surface area contributed by atoms with Crippen molar-refractivity contribution in [2.24, 2.45) is 11.8 Å². The van der Waals surface area contributed by atoms with Gasteiger partial charge in [-0.25, -0.2) is 0 Å². The minimum absolute atomic E-state index is 0.599. The van der Waals surface area contributed by atoms with Crippen LogP contribution in [0.15, 0.2) is 0 Å². The first-order valence-electron chi connectivity index (χ1n) is 11.6. The van der Waals surface area contributed by atoms with Crippen molar-refractivity contribution in [2.75, 3.05) is 13.2 Å². The third-order valence-electron chi connectivity index (χ3n) is 5.60. The Balaban J connectivity index is 3.49. The van der Waals surface area contributed by atoms with Crippen LogP contribution in [0.25, 0.3) is 0 Å². The number of hydrogen-bond acceptors (Lipinski definition) is 2. The zero-order chi connectivity index (χ0) is 19.5. The Kier molecular flexibility index (Phi) is 19.2. The second-order valence-electron chi connectivity index (χ2n) is 7.91. The van der Waals surface area contributed by atoms with Crippen LogP contribution in [0.3, 0.4) is 0 Å². The summed E-state index contributed by atoms with van der Waals surface area (Å²) in [6, 6.07) is 0. The molecule has 26 heavy (non-hydrogen) atoms. The predicted molar refractivity (Wildman–Crippen MR) is 121 cm³/mol. The van der Waals surface area contributed by atoms with Crippen LogP contribution in [-0.2, 0) is 4.74 Å². The second-order valence-corrected chi connectivity index (χ2v) is 8.29. The highest BCUT2D eigenvalue weighted by atomic mass is 32.1. The van der Waals surface area contributed by atoms with Crippen LogP contribution in [0.4, 0.5) is 0 Å². The third-order valence-corrected chi connectivity index (χ3v) is 5.86. The molecule has 0 aliphatic heterocycles. The van der Waals surface area contributed by atoms with Gasteiger partial charge in [-0.05, 0) is 36.9 Å². The maximum Gasteiger partial charge on any atom is 0.256 e. The van der Waals surface area contributed by atoms with Crippen molar-refractivity contribution >= 4 is 17.4 Å². The van der Waals surface area contributed by atoms with Gasteiger partial charge in [0.1, 0.15) is 0 Å². The summed E-state index contributed by atoms with van der Waals surface area (Å²) >= 11 is 5.30. The highest BCUT2D eigenvalue weighted by Gasteiger charge is 2.08. The lowest BCUT2D eigenvalue weighted by molar-refractivity contribution is 0.219. The quantitative estimate of drug-likeness (QED) is 0.193. The summed E-state index contributed by atoms with van der Waals surface area (Å²) in [5, 5.41) is 3.87. The van der Waals surface area contributed by atoms with Gasteiger partial charge in [0, 0.05) is 6.54 Å². The van der Waals surface area contributed by atoms with Gasteiger partial charge < -0.3 is 10.1 Å². The summed E-state index contributed by atoms with van der Waals surface area (Å²) in [7, 11) is 0. The fourth-order valence-electron chi connectivity index (χ4n) is 3.47. The molecule has 2 nitrogen and oxygen atoms in total. The summed E-state index contributed by atoms with van der Waals surface area (Å²) in [6.07, 6.45) is 18.6. The van der Waals surface area contributed by atoms with E-state index in [1.807, 2.05) is 0 Å². The minimum Gasteiger partial charge on any atom is -0.471 e. The van der Waals surface area contributed by atoms with E-state index in [4.69, 9.17) is 17.0 Å². The summed E-state index contributed by atoms with van der Waals surface area (Å²) in [6.45, 7) is 10.9. The van der Waals surface area contributed by atoms with E-state index in [-0.39, 0.29) is 0 Å². The Hall–Kier alpha value is -0.310. The van der Waals surface area contributed by atoms with E-state index >= 15 is 0 Å². The molecule has 0 aromatic carbocycles. The first-order valence-corrected chi connectivity index (χ1v) is 12.0. The number of ether oxygens (including phenoxy) is 1. The van der Waals surface area contributed by atoms with Crippen LogP contribution in [-0.4, -0.2) is 18.3 Å². The molecule has 2 atom stereocenters. The Morgan fingerprint density at radius 2 is 1.27 bits per heavy atom. The average Bonchev–Trinajstić information content (AvgIpc) is 2.66. The van der Waals surface area contributed by atoms with Gasteiger partial charge in [-0.15, -0.1) is 0 Å². The molecule has 0 amide bonds. The highest BCUT2D eigenvalue weighted by molar-refractivity contribution is 7.80. The molecule has 0 saturated carbocycles. The van der Waals surface area contributed by atoms with Crippen molar-refractivity contribution in [2.45, 2.75) is 118 Å². The molecule has 0 heterocycles. The van der Waals surface area contributed by atoms with Crippen LogP contribution < -0.4 is 5.32 Å². The largest absolute Gasteiger partial charge is 0.471 e. The molecule has 2 unspecified atom stereocenters. The maximum absolute atomic E-state index is 5.73. The van der Waals surface area contributed by atoms with Crippen LogP contribution in [0.5, 0.6) is 0 Å². The van der Waals surface area contributed by atoms with Gasteiger partial charge in [0.05, 0.1) is 6.61 Å². The molecule has 3 heteroatoms. The lowest BCUT2D eigenvalue weighted by Gasteiger charge is -2.16. The van der Waals surface area contributed by atoms with Crippen LogP contribution in [0.2, 0.25) is 0 Å². The summed E-state index contributed by atoms with van der Waals surface area (Å²) < 4.78 is 5.73. The van der Waals surface area contributed by atoms with E-state index in [0.29, 0.717) is 11.1 Å². The topological polar surface area (TPSA) is 21.3 Å². The highest BCUT2D eigenvalue weighted by Crippen LogP contribution is 2.20. The van der Waals surface area contributed by atoms with E-state index in [1.54, 1.807) is 0 Å². The third kappa shape index (κ3) is 15.9. The summed E-state index contributed by atoms with van der Waals surface area (Å²) in [4.78, 5) is 0. The van der Waals surface area contributed by atoms with Crippen molar-refractivity contribution in [1.29, 1.82) is 0 Å². The fraction of sp³-hybridized carbons (Fsp3) is 0.957. The Labute approximate surface area is 170 Å². The summed E-state index contributed by atoms with van der Waals surface area (Å²) in [5.74, 6) is 1.62. The lowest BCUT2D eigenvalue weighted by atomic mass is 9.93. The smallest absolute Gasteiger partial charge is 0.256 e. The molecule has 0 aliphatic rings. The number of thiocarbonyl (C=S) groups is 1. The zero-order valence-electron chi connectivity index (χ0n) is 18.3. The van der Waals surface area contributed by atoms with Gasteiger partial charge in [0.25, 0.3) is 5.17 Å². The van der Waals surface area contributed by atoms with E-state index in [0.717, 1.165) is 19.1 Å². The molecular formula is C23H47NOS. The standard InChI is InChI=1S/C23H47NOS/c1-5-9-16-21(7-3)18-14-12-11-13-15-19-24-23(26)25-20-22(8-4)17-10-6-2/h21-22H,5-20H2,1-4H3,(H,24,26). The molecule has 0 aromatic heterocycles. The molecule has 0 saturated heterocycles. The first kappa shape index (κ1) is 25.7. The number of nitrogens with one attached hydrogen (secondary N) is 1. The van der Waals surface area contributed by atoms with Gasteiger partial charge >= 0.3 is 0 Å². The van der Waals surface area contributed by atoms with E-state index in [2.05, 4.69) is 33.0 Å². The normalized spacial score (nSPS) is 13.4. The zero-order valence-corrected chi connectivity index (χ0v) is 19.1. The average molecular weight is 386 g/mol. The maximum atomic E-state index is 5.73. The summed E-state index contributed by atoms with van der Waals surface area (Å²) in [5.41, 5.74) is 0. The van der Waals surface area contributed by atoms with Crippen LogP contribution >= 0.6 is 12.2 Å². The lowest BCUT2D eigenvalue weighted by Crippen LogP contribution is -2.27. The van der Waals surface area contributed by atoms with Crippen molar-refractivity contribution in [3.63, 3.8) is 0 Å². The molecule has 1 N–H and O–H groups in total. The van der Waals surface area contributed by atoms with E-state index in [1.165, 1.54) is 89.9 Å². The predicted octanol–water partition coefficient (Wildman–Crippen LogP) is 7.65. The fourth-order valence-corrected chi connectivity index (χ4v) is 3.64. The molecule has 0 aromatic rings. The molecule has 0 rings (SSSR count). The van der Waals surface area contributed by atoms with E-state index < -0.39 is 0 Å². The Morgan fingerprint density at radius 3 is 1.88 bits per heavy atom. The minimum atomic E-state index is 0.599. The Bertz CT molecular complexity index is 309. The number of rotatable bonds is 18. The van der Waals surface area contributed by atoms with E-state index in [9.17, 15) is 0 Å². The van der Waals surface area contributed by atoms with Gasteiger partial charge in [0.15, 0.2) is 0 Å². The number of hydrogen-bond donors (Lipinski definition) is 1. The monoisotopic (exact) mass is 385 g/mol. The molecule has 156 valence electrons. The molecule has 0 spiro atoms. The SMILES string of the molecule is CCCCC(CC)CCCCCCCNC(=S)OCC(CC)CCCC. The van der Waals surface area contributed by atoms with Gasteiger partial charge in [-0.2, -0.15) is 0 Å². The Morgan fingerprint density at radius 1 is 0.731 bits per heavy atom. The molecule has 0 fully saturated rings. The van der Waals surface area contributed by atoms with Crippen molar-refractivity contribution < 1.29 is 4.74 Å². The molecule has 0 radical (unpaired) electrons. The van der Waals surface area contributed by atoms with Gasteiger partial charge in [0.2, 0.25) is 0 Å². The van der Waals surface area contributed by atoms with Gasteiger partial charge in [-0.1, -0.05) is 105 Å². The van der Waals surface area contributed by atoms with Crippen LogP contribution in [0, 0.1) is 11.8 Å². The number of unbranched alkanes of at least 4 members (excludes halogenated alkanes) is 6. The molecule has 0 aliphatic carbocycles. The van der Waals surface area contributed by atoms with Crippen molar-refractivity contribution in [1.82, 2.24) is 5.32 Å². The van der Waals surface area contributed by atoms with Gasteiger partial charge in [-0.3, -0.25) is 0 Å². The molecule has 0 bridgehead atoms. The van der Waals surface area contributed by atoms with Crippen molar-refractivity contribution in [3.05, 3.63) is 0 Å². The first-order chi connectivity index (χ1) is 12.7. The second kappa shape index (κ2) is 19.5. The molecular weight excluding hydrogens is 338 g/mol. The van der Waals surface area contributed by atoms with Crippen LogP contribution in [0.1, 0.15) is 118 Å².